The van der Waals surface area contributed by atoms with Crippen molar-refractivity contribution in [3.05, 3.63) is 83.8 Å². The van der Waals surface area contributed by atoms with Crippen LogP contribution in [0.1, 0.15) is 11.1 Å². The predicted octanol–water partition coefficient (Wildman–Crippen LogP) is 3.56. The van der Waals surface area contributed by atoms with E-state index in [-0.39, 0.29) is 11.6 Å². The molecule has 0 unspecified atom stereocenters. The van der Waals surface area contributed by atoms with Gasteiger partial charge in [-0.3, -0.25) is 4.68 Å². The minimum Gasteiger partial charge on any atom is -0.457 e. The van der Waals surface area contributed by atoms with Crippen molar-refractivity contribution >= 4 is 17.9 Å². The van der Waals surface area contributed by atoms with Gasteiger partial charge in [-0.1, -0.05) is 18.2 Å². The molecule has 0 spiro atoms. The molecule has 6 nitrogen and oxygen atoms in total. The first-order valence-electron chi connectivity index (χ1n) is 8.02. The zero-order valence-electron chi connectivity index (χ0n) is 14.0. The van der Waals surface area contributed by atoms with Crippen LogP contribution in [0, 0.1) is 0 Å². The van der Waals surface area contributed by atoms with E-state index in [2.05, 4.69) is 10.1 Å². The molecule has 6 heteroatoms. The molecule has 0 atom stereocenters. The highest BCUT2D eigenvalue weighted by molar-refractivity contribution is 6.12. The summed E-state index contributed by atoms with van der Waals surface area (Å²) < 4.78 is 12.7. The highest BCUT2D eigenvalue weighted by Gasteiger charge is 2.24. The number of carbonyl (C=O) groups excluding carboxylic acids is 1. The molecule has 128 valence electrons. The van der Waals surface area contributed by atoms with E-state index >= 15 is 0 Å². The fourth-order valence-electron chi connectivity index (χ4n) is 2.50. The molecule has 0 amide bonds. The average molecular weight is 345 g/mol. The molecule has 0 saturated heterocycles. The number of hydrogen-bond acceptors (Lipinski definition) is 5. The minimum atomic E-state index is -0.478. The van der Waals surface area contributed by atoms with E-state index in [1.807, 2.05) is 49.5 Å². The first-order chi connectivity index (χ1) is 12.7. The van der Waals surface area contributed by atoms with Crippen molar-refractivity contribution in [3.63, 3.8) is 0 Å². The summed E-state index contributed by atoms with van der Waals surface area (Å²) in [5.41, 5.74) is 1.74. The number of benzene rings is 2. The topological polar surface area (TPSA) is 65.7 Å². The standard InChI is InChI=1S/C20H15N3O3/c1-23-13-14(12-21-23)11-18-20(24)26-19(22-18)15-7-9-17(10-8-15)25-16-5-3-2-4-6-16/h2-13H,1H3. The van der Waals surface area contributed by atoms with Crippen LogP contribution in [-0.2, 0) is 16.6 Å². The van der Waals surface area contributed by atoms with Crippen LogP contribution in [0.4, 0.5) is 0 Å². The van der Waals surface area contributed by atoms with Gasteiger partial charge in [0.05, 0.1) is 6.20 Å². The number of esters is 1. The molecule has 0 radical (unpaired) electrons. The van der Waals surface area contributed by atoms with E-state index in [1.54, 1.807) is 35.3 Å². The van der Waals surface area contributed by atoms with E-state index in [1.165, 1.54) is 0 Å². The molecule has 1 aliphatic heterocycles. The molecular formula is C20H15N3O3. The minimum absolute atomic E-state index is 0.248. The molecule has 0 bridgehead atoms. The quantitative estimate of drug-likeness (QED) is 0.536. The molecule has 0 aliphatic carbocycles. The number of cyclic esters (lactones) is 1. The molecular weight excluding hydrogens is 330 g/mol. The Labute approximate surface area is 150 Å². The summed E-state index contributed by atoms with van der Waals surface area (Å²) >= 11 is 0. The third-order valence-corrected chi connectivity index (χ3v) is 3.73. The zero-order valence-corrected chi connectivity index (χ0v) is 14.0. The third-order valence-electron chi connectivity index (χ3n) is 3.73. The third kappa shape index (κ3) is 3.39. The molecule has 0 fully saturated rings. The van der Waals surface area contributed by atoms with E-state index in [0.29, 0.717) is 11.3 Å². The average Bonchev–Trinajstić information content (AvgIpc) is 3.23. The molecule has 1 aliphatic rings. The Kier molecular flexibility index (Phi) is 4.07. The highest BCUT2D eigenvalue weighted by atomic mass is 16.6. The van der Waals surface area contributed by atoms with Crippen molar-refractivity contribution in [2.45, 2.75) is 0 Å². The van der Waals surface area contributed by atoms with Crippen LogP contribution in [-0.4, -0.2) is 21.6 Å². The number of aromatic nitrogens is 2. The smallest absolute Gasteiger partial charge is 0.363 e. The van der Waals surface area contributed by atoms with Crippen LogP contribution >= 0.6 is 0 Å². The van der Waals surface area contributed by atoms with Gasteiger partial charge in [0.15, 0.2) is 5.70 Å². The fourth-order valence-corrected chi connectivity index (χ4v) is 2.50. The van der Waals surface area contributed by atoms with Gasteiger partial charge in [-0.05, 0) is 42.5 Å². The maximum Gasteiger partial charge on any atom is 0.363 e. The van der Waals surface area contributed by atoms with Crippen molar-refractivity contribution in [2.75, 3.05) is 0 Å². The maximum atomic E-state index is 12.0. The molecule has 1 aromatic heterocycles. The summed E-state index contributed by atoms with van der Waals surface area (Å²) in [6.45, 7) is 0. The number of rotatable bonds is 4. The molecule has 0 saturated carbocycles. The second kappa shape index (κ2) is 6.68. The maximum absolute atomic E-state index is 12.0. The largest absolute Gasteiger partial charge is 0.457 e. The van der Waals surface area contributed by atoms with Crippen LogP contribution in [0.2, 0.25) is 0 Å². The lowest BCUT2D eigenvalue weighted by molar-refractivity contribution is -0.129. The van der Waals surface area contributed by atoms with E-state index in [9.17, 15) is 4.79 Å². The van der Waals surface area contributed by atoms with Gasteiger partial charge in [-0.2, -0.15) is 5.10 Å². The summed E-state index contributed by atoms with van der Waals surface area (Å²) in [4.78, 5) is 16.3. The van der Waals surface area contributed by atoms with Gasteiger partial charge in [0.1, 0.15) is 11.5 Å². The van der Waals surface area contributed by atoms with Gasteiger partial charge >= 0.3 is 5.97 Å². The summed E-state index contributed by atoms with van der Waals surface area (Å²) in [6.07, 6.45) is 5.10. The van der Waals surface area contributed by atoms with Crippen LogP contribution < -0.4 is 4.74 Å². The van der Waals surface area contributed by atoms with Crippen molar-refractivity contribution in [1.82, 2.24) is 9.78 Å². The summed E-state index contributed by atoms with van der Waals surface area (Å²) in [6, 6.07) is 16.7. The number of para-hydroxylation sites is 1. The van der Waals surface area contributed by atoms with Crippen molar-refractivity contribution in [2.24, 2.45) is 12.0 Å². The Hall–Kier alpha value is -3.67. The Morgan fingerprint density at radius 1 is 1.04 bits per heavy atom. The number of nitrogens with zero attached hydrogens (tertiary/aromatic N) is 3. The molecule has 3 aromatic rings. The fraction of sp³-hybridized carbons (Fsp3) is 0.0500. The molecule has 2 aromatic carbocycles. The predicted molar refractivity (Wildman–Crippen MR) is 96.8 cm³/mol. The first kappa shape index (κ1) is 15.8. The molecule has 4 rings (SSSR count). The number of aryl methyl sites for hydroxylation is 1. The summed E-state index contributed by atoms with van der Waals surface area (Å²) in [5, 5.41) is 4.06. The Bertz CT molecular complexity index is 1000. The highest BCUT2D eigenvalue weighted by Crippen LogP contribution is 2.23. The van der Waals surface area contributed by atoms with Gasteiger partial charge in [-0.25, -0.2) is 9.79 Å². The summed E-state index contributed by atoms with van der Waals surface area (Å²) in [7, 11) is 1.81. The van der Waals surface area contributed by atoms with E-state index in [4.69, 9.17) is 9.47 Å². The normalized spacial score (nSPS) is 15.0. The second-order valence-electron chi connectivity index (χ2n) is 5.72. The number of hydrogen-bond donors (Lipinski definition) is 0. The lowest BCUT2D eigenvalue weighted by Gasteiger charge is -2.06. The van der Waals surface area contributed by atoms with Gasteiger partial charge in [0, 0.05) is 24.4 Å². The number of ether oxygens (including phenoxy) is 2. The van der Waals surface area contributed by atoms with Crippen molar-refractivity contribution in [1.29, 1.82) is 0 Å². The van der Waals surface area contributed by atoms with Gasteiger partial charge in [0.25, 0.3) is 0 Å². The van der Waals surface area contributed by atoms with Gasteiger partial charge in [-0.15, -0.1) is 0 Å². The number of aliphatic imine (C=N–C) groups is 1. The molecule has 0 N–H and O–H groups in total. The Morgan fingerprint density at radius 2 is 1.77 bits per heavy atom. The monoisotopic (exact) mass is 345 g/mol. The second-order valence-corrected chi connectivity index (χ2v) is 5.72. The van der Waals surface area contributed by atoms with Gasteiger partial charge in [0.2, 0.25) is 5.90 Å². The lowest BCUT2D eigenvalue weighted by atomic mass is 10.2. The molecule has 26 heavy (non-hydrogen) atoms. The SMILES string of the molecule is Cn1cc(C=C2N=C(c3ccc(Oc4ccccc4)cc3)OC2=O)cn1. The van der Waals surface area contributed by atoms with E-state index in [0.717, 1.165) is 11.3 Å². The Balaban J connectivity index is 1.53. The van der Waals surface area contributed by atoms with Gasteiger partial charge < -0.3 is 9.47 Å². The van der Waals surface area contributed by atoms with Crippen LogP contribution in [0.5, 0.6) is 11.5 Å². The van der Waals surface area contributed by atoms with Crippen molar-refractivity contribution < 1.29 is 14.3 Å². The Morgan fingerprint density at radius 3 is 2.46 bits per heavy atom. The lowest BCUT2D eigenvalue weighted by Crippen LogP contribution is -2.05. The molecule has 2 heterocycles. The van der Waals surface area contributed by atoms with Crippen LogP contribution in [0.3, 0.4) is 0 Å². The first-order valence-corrected chi connectivity index (χ1v) is 8.02. The van der Waals surface area contributed by atoms with Crippen molar-refractivity contribution in [3.8, 4) is 11.5 Å². The van der Waals surface area contributed by atoms with Crippen LogP contribution in [0.15, 0.2) is 77.7 Å². The van der Waals surface area contributed by atoms with Crippen LogP contribution in [0.25, 0.3) is 6.08 Å². The zero-order chi connectivity index (χ0) is 17.9. The summed E-state index contributed by atoms with van der Waals surface area (Å²) in [5.74, 6) is 1.24. The number of carbonyl (C=O) groups is 1. The van der Waals surface area contributed by atoms with E-state index < -0.39 is 5.97 Å².